The molecule has 18 heavy (non-hydrogen) atoms. The number of benzene rings is 1. The van der Waals surface area contributed by atoms with E-state index in [0.29, 0.717) is 26.7 Å². The third kappa shape index (κ3) is 2.94. The number of hydrogen-bond donors (Lipinski definition) is 1. The van der Waals surface area contributed by atoms with E-state index in [0.717, 1.165) is 19.5 Å². The van der Waals surface area contributed by atoms with E-state index in [1.165, 1.54) is 0 Å². The zero-order chi connectivity index (χ0) is 13.1. The summed E-state index contributed by atoms with van der Waals surface area (Å²) in [6.07, 6.45) is 2.71. The van der Waals surface area contributed by atoms with Crippen LogP contribution < -0.4 is 10.1 Å². The van der Waals surface area contributed by atoms with Crippen LogP contribution in [0.15, 0.2) is 24.8 Å². The second-order valence-electron chi connectivity index (χ2n) is 4.24. The fourth-order valence-corrected chi connectivity index (χ4v) is 2.66. The average Bonchev–Trinajstić information content (AvgIpc) is 2.88. The van der Waals surface area contributed by atoms with Gasteiger partial charge >= 0.3 is 0 Å². The number of hydrogen-bond acceptors (Lipinski definition) is 2. The molecule has 0 aliphatic carbocycles. The summed E-state index contributed by atoms with van der Waals surface area (Å²) in [4.78, 5) is 0. The van der Waals surface area contributed by atoms with Crippen molar-refractivity contribution in [3.8, 4) is 5.75 Å². The first-order valence-corrected chi connectivity index (χ1v) is 6.90. The van der Waals surface area contributed by atoms with E-state index in [1.807, 2.05) is 0 Å². The Morgan fingerprint density at radius 2 is 2.06 bits per heavy atom. The van der Waals surface area contributed by atoms with Crippen molar-refractivity contribution in [2.24, 2.45) is 5.92 Å². The SMILES string of the molecule is C=CC(Oc1c(Cl)ccc(Cl)c1Cl)C1CCNC1. The molecule has 2 nitrogen and oxygen atoms in total. The largest absolute Gasteiger partial charge is 0.483 e. The van der Waals surface area contributed by atoms with E-state index in [4.69, 9.17) is 39.5 Å². The third-order valence-corrected chi connectivity index (χ3v) is 4.14. The van der Waals surface area contributed by atoms with Crippen LogP contribution in [-0.4, -0.2) is 19.2 Å². The predicted octanol–water partition coefficient (Wildman–Crippen LogP) is 4.19. The van der Waals surface area contributed by atoms with Gasteiger partial charge in [-0.2, -0.15) is 0 Å². The molecule has 1 saturated heterocycles. The molecule has 2 rings (SSSR count). The van der Waals surface area contributed by atoms with E-state index >= 15 is 0 Å². The Morgan fingerprint density at radius 3 is 2.67 bits per heavy atom. The summed E-state index contributed by atoms with van der Waals surface area (Å²) in [7, 11) is 0. The molecule has 2 unspecified atom stereocenters. The van der Waals surface area contributed by atoms with E-state index in [1.54, 1.807) is 18.2 Å². The van der Waals surface area contributed by atoms with Crippen LogP contribution >= 0.6 is 34.8 Å². The first-order valence-electron chi connectivity index (χ1n) is 5.77. The monoisotopic (exact) mass is 305 g/mol. The molecular weight excluding hydrogens is 293 g/mol. The van der Waals surface area contributed by atoms with Gasteiger partial charge in [-0.3, -0.25) is 0 Å². The van der Waals surface area contributed by atoms with Gasteiger partial charge < -0.3 is 10.1 Å². The van der Waals surface area contributed by atoms with Gasteiger partial charge in [-0.25, -0.2) is 0 Å². The topological polar surface area (TPSA) is 21.3 Å². The molecule has 2 atom stereocenters. The minimum absolute atomic E-state index is 0.117. The van der Waals surface area contributed by atoms with Crippen LogP contribution in [0.5, 0.6) is 5.75 Å². The second-order valence-corrected chi connectivity index (χ2v) is 5.44. The Kier molecular flexibility index (Phi) is 4.79. The number of halogens is 3. The summed E-state index contributed by atoms with van der Waals surface area (Å²) < 4.78 is 5.88. The van der Waals surface area contributed by atoms with Crippen molar-refractivity contribution in [2.45, 2.75) is 12.5 Å². The maximum Gasteiger partial charge on any atom is 0.158 e. The molecule has 1 aliphatic heterocycles. The Morgan fingerprint density at radius 1 is 1.33 bits per heavy atom. The van der Waals surface area contributed by atoms with Crippen molar-refractivity contribution in [1.29, 1.82) is 0 Å². The molecule has 0 aromatic heterocycles. The minimum Gasteiger partial charge on any atom is -0.483 e. The lowest BCUT2D eigenvalue weighted by Crippen LogP contribution is -2.26. The molecular formula is C13H14Cl3NO. The van der Waals surface area contributed by atoms with Crippen molar-refractivity contribution in [2.75, 3.05) is 13.1 Å². The Bertz CT molecular complexity index is 444. The first kappa shape index (κ1) is 14.0. The van der Waals surface area contributed by atoms with Crippen LogP contribution in [0, 0.1) is 5.92 Å². The normalized spacial score (nSPS) is 20.7. The Hall–Kier alpha value is -0.410. The van der Waals surface area contributed by atoms with Gasteiger partial charge in [0.2, 0.25) is 0 Å². The Labute approximate surface area is 122 Å². The van der Waals surface area contributed by atoms with Crippen LogP contribution in [0.3, 0.4) is 0 Å². The summed E-state index contributed by atoms with van der Waals surface area (Å²) in [5, 5.41) is 4.54. The quantitative estimate of drug-likeness (QED) is 0.665. The van der Waals surface area contributed by atoms with Crippen LogP contribution in [0.4, 0.5) is 0 Å². The molecule has 0 saturated carbocycles. The van der Waals surface area contributed by atoms with Gasteiger partial charge in [-0.15, -0.1) is 0 Å². The highest BCUT2D eigenvalue weighted by atomic mass is 35.5. The first-order chi connectivity index (χ1) is 8.63. The maximum absolute atomic E-state index is 6.11. The summed E-state index contributed by atoms with van der Waals surface area (Å²) in [6.45, 7) is 5.72. The van der Waals surface area contributed by atoms with Crippen molar-refractivity contribution < 1.29 is 4.74 Å². The van der Waals surface area contributed by atoms with Gasteiger partial charge in [-0.05, 0) is 25.1 Å². The zero-order valence-corrected chi connectivity index (χ0v) is 12.0. The molecule has 0 radical (unpaired) electrons. The summed E-state index contributed by atoms with van der Waals surface area (Å²) in [6, 6.07) is 3.33. The van der Waals surface area contributed by atoms with Gasteiger partial charge in [-0.1, -0.05) is 47.5 Å². The lowest BCUT2D eigenvalue weighted by Gasteiger charge is -2.22. The lowest BCUT2D eigenvalue weighted by molar-refractivity contribution is 0.188. The second kappa shape index (κ2) is 6.16. The molecule has 5 heteroatoms. The predicted molar refractivity (Wildman–Crippen MR) is 77.1 cm³/mol. The summed E-state index contributed by atoms with van der Waals surface area (Å²) in [5.41, 5.74) is 0. The van der Waals surface area contributed by atoms with Crippen molar-refractivity contribution >= 4 is 34.8 Å². The molecule has 1 aromatic carbocycles. The van der Waals surface area contributed by atoms with Crippen LogP contribution in [0.25, 0.3) is 0 Å². The summed E-state index contributed by atoms with van der Waals surface area (Å²) >= 11 is 18.2. The maximum atomic E-state index is 6.11. The molecule has 1 fully saturated rings. The smallest absolute Gasteiger partial charge is 0.158 e. The Balaban J connectivity index is 2.21. The fraction of sp³-hybridized carbons (Fsp3) is 0.385. The van der Waals surface area contributed by atoms with Crippen molar-refractivity contribution in [3.05, 3.63) is 39.9 Å². The molecule has 1 aliphatic rings. The van der Waals surface area contributed by atoms with E-state index in [2.05, 4.69) is 11.9 Å². The molecule has 1 N–H and O–H groups in total. The number of nitrogens with one attached hydrogen (secondary N) is 1. The van der Waals surface area contributed by atoms with Gasteiger partial charge in [0.05, 0.1) is 10.0 Å². The summed E-state index contributed by atoms with van der Waals surface area (Å²) in [5.74, 6) is 0.816. The highest BCUT2D eigenvalue weighted by Crippen LogP contribution is 2.39. The van der Waals surface area contributed by atoms with Crippen LogP contribution in [-0.2, 0) is 0 Å². The third-order valence-electron chi connectivity index (χ3n) is 3.05. The zero-order valence-electron chi connectivity index (χ0n) is 9.76. The highest BCUT2D eigenvalue weighted by Gasteiger charge is 2.25. The van der Waals surface area contributed by atoms with Gasteiger partial charge in [0, 0.05) is 12.5 Å². The molecule has 0 bridgehead atoms. The van der Waals surface area contributed by atoms with Crippen molar-refractivity contribution in [1.82, 2.24) is 5.32 Å². The lowest BCUT2D eigenvalue weighted by atomic mass is 10.0. The van der Waals surface area contributed by atoms with Gasteiger partial charge in [0.1, 0.15) is 11.1 Å². The highest BCUT2D eigenvalue weighted by molar-refractivity contribution is 6.44. The van der Waals surface area contributed by atoms with Crippen LogP contribution in [0.2, 0.25) is 15.1 Å². The molecule has 0 amide bonds. The number of ether oxygens (including phenoxy) is 1. The van der Waals surface area contributed by atoms with Gasteiger partial charge in [0.25, 0.3) is 0 Å². The molecule has 98 valence electrons. The van der Waals surface area contributed by atoms with Crippen molar-refractivity contribution in [3.63, 3.8) is 0 Å². The molecule has 1 heterocycles. The average molecular weight is 307 g/mol. The minimum atomic E-state index is -0.117. The number of rotatable bonds is 4. The van der Waals surface area contributed by atoms with E-state index in [-0.39, 0.29) is 6.10 Å². The standard InChI is InChI=1S/C13H14Cl3NO/c1-2-11(8-5-6-17-7-8)18-13-10(15)4-3-9(14)12(13)16/h2-4,8,11,17H,1,5-7H2. The molecule has 1 aromatic rings. The van der Waals surface area contributed by atoms with E-state index < -0.39 is 0 Å². The fourth-order valence-electron chi connectivity index (χ4n) is 2.05. The van der Waals surface area contributed by atoms with Gasteiger partial charge in [0.15, 0.2) is 5.75 Å². The van der Waals surface area contributed by atoms with E-state index in [9.17, 15) is 0 Å². The molecule has 0 spiro atoms. The van der Waals surface area contributed by atoms with Crippen LogP contribution in [0.1, 0.15) is 6.42 Å².